The van der Waals surface area contributed by atoms with Crippen LogP contribution in [-0.4, -0.2) is 23.9 Å². The van der Waals surface area contributed by atoms with Crippen LogP contribution in [0.4, 0.5) is 0 Å². The first-order valence-electron chi connectivity index (χ1n) is 19.0. The van der Waals surface area contributed by atoms with E-state index in [1.54, 1.807) is 5.19 Å². The molecule has 52 heavy (non-hydrogen) atoms. The largest absolute Gasteiger partial charge is 0.512 e. The second kappa shape index (κ2) is 16.8. The van der Waals surface area contributed by atoms with Gasteiger partial charge in [-0.3, -0.25) is 9.78 Å². The topological polar surface area (TPSA) is 50.2 Å². The predicted octanol–water partition coefficient (Wildman–Crippen LogP) is 13.7. The van der Waals surface area contributed by atoms with Crippen LogP contribution in [0.1, 0.15) is 119 Å². The van der Waals surface area contributed by atoms with E-state index in [1.807, 2.05) is 59.1 Å². The van der Waals surface area contributed by atoms with E-state index in [-0.39, 0.29) is 47.9 Å². The van der Waals surface area contributed by atoms with Crippen molar-refractivity contribution in [1.29, 1.82) is 0 Å². The molecule has 0 unspecified atom stereocenters. The first kappa shape index (κ1) is 43.8. The van der Waals surface area contributed by atoms with Crippen molar-refractivity contribution in [1.82, 2.24) is 4.98 Å². The van der Waals surface area contributed by atoms with Crippen LogP contribution in [0, 0.1) is 16.9 Å². The summed E-state index contributed by atoms with van der Waals surface area (Å²) in [5.41, 5.74) is 4.38. The van der Waals surface area contributed by atoms with Gasteiger partial charge in [0.1, 0.15) is 5.76 Å². The first-order chi connectivity index (χ1) is 23.7. The Morgan fingerprint density at radius 1 is 0.846 bits per heavy atom. The van der Waals surface area contributed by atoms with Gasteiger partial charge in [0, 0.05) is 58.3 Å². The van der Waals surface area contributed by atoms with Gasteiger partial charge < -0.3 is 5.11 Å². The number of carbonyl (C=O) groups excluding carboxylic acids is 1. The molecule has 2 aromatic heterocycles. The normalized spacial score (nSPS) is 13.0. The zero-order chi connectivity index (χ0) is 38.1. The zero-order valence-corrected chi connectivity index (χ0v) is 38.4. The van der Waals surface area contributed by atoms with Gasteiger partial charge in [0.15, 0.2) is 5.78 Å². The summed E-state index contributed by atoms with van der Waals surface area (Å²) in [6.45, 7) is 30.9. The van der Waals surface area contributed by atoms with E-state index in [0.717, 1.165) is 42.3 Å². The van der Waals surface area contributed by atoms with Crippen molar-refractivity contribution in [3.05, 3.63) is 83.8 Å². The maximum atomic E-state index is 12.2. The number of ketones is 1. The molecule has 2 heterocycles. The standard InChI is InChI=1S/C31H34NSSi.C15H28O2.Ir/c1-19(2)21-16-25-24-13-14-32-28(30(24)33-29(25)27(18-21)34(6,7)8)22-15-20-11-9-10-12-23(20)26(17-22)31(3,4)5;1-7-14(5,8-2)12(16)11-13(17)15(6,9-3)10-4;/h9-14,16-19H,1-8H3;11,16H,7-10H2,1-6H3;/q-1;;/b;12-11-;. The van der Waals surface area contributed by atoms with Crippen molar-refractivity contribution in [2.24, 2.45) is 10.8 Å². The number of benzene rings is 3. The summed E-state index contributed by atoms with van der Waals surface area (Å²) < 4.78 is 2.73. The van der Waals surface area contributed by atoms with Crippen LogP contribution in [0.2, 0.25) is 19.6 Å². The van der Waals surface area contributed by atoms with Crippen LogP contribution in [0.25, 0.3) is 42.2 Å². The molecule has 6 heteroatoms. The monoisotopic (exact) mass is 913 g/mol. The van der Waals surface area contributed by atoms with E-state index >= 15 is 0 Å². The molecule has 0 bridgehead atoms. The number of aliphatic hydroxyl groups is 1. The molecule has 0 aliphatic rings. The SMILES string of the molecule is CC(C)c1cc([Si](C)(C)C)c2sc3c(-c4[c-]c5ccccc5c(C(C)(C)C)c4)nccc3c2c1.CCC(C)(CC)C(=O)/C=C(\O)C(C)(CC)CC.[Ir]. The maximum absolute atomic E-state index is 12.2. The van der Waals surface area contributed by atoms with Crippen molar-refractivity contribution in [3.63, 3.8) is 0 Å². The number of rotatable bonds is 10. The average molecular weight is 913 g/mol. The second-order valence-electron chi connectivity index (χ2n) is 17.3. The molecule has 1 radical (unpaired) electrons. The predicted molar refractivity (Wildman–Crippen MR) is 228 cm³/mol. The van der Waals surface area contributed by atoms with E-state index in [2.05, 4.69) is 109 Å². The molecule has 5 rings (SSSR count). The first-order valence-corrected chi connectivity index (χ1v) is 23.3. The number of carbonyl (C=O) groups is 1. The molecule has 3 nitrogen and oxygen atoms in total. The zero-order valence-electron chi connectivity index (χ0n) is 34.2. The summed E-state index contributed by atoms with van der Waals surface area (Å²) in [4.78, 5) is 17.1. The van der Waals surface area contributed by atoms with Gasteiger partial charge in [0.25, 0.3) is 0 Å². The van der Waals surface area contributed by atoms with Crippen molar-refractivity contribution < 1.29 is 30.0 Å². The summed E-state index contributed by atoms with van der Waals surface area (Å²) in [6, 6.07) is 21.8. The molecular weight excluding hydrogens is 851 g/mol. The second-order valence-corrected chi connectivity index (χ2v) is 23.4. The molecule has 0 saturated carbocycles. The third kappa shape index (κ3) is 9.00. The third-order valence-corrected chi connectivity index (χ3v) is 14.9. The van der Waals surface area contributed by atoms with Gasteiger partial charge in [0.2, 0.25) is 0 Å². The molecule has 3 aromatic carbocycles. The molecule has 5 aromatic rings. The smallest absolute Gasteiger partial charge is 0.164 e. The average Bonchev–Trinajstić information content (AvgIpc) is 3.48. The summed E-state index contributed by atoms with van der Waals surface area (Å²) >= 11 is 1.93. The van der Waals surface area contributed by atoms with Gasteiger partial charge in [-0.15, -0.1) is 40.5 Å². The molecule has 283 valence electrons. The number of fused-ring (bicyclic) bond motifs is 4. The quantitative estimate of drug-likeness (QED) is 0.0657. The Kier molecular flexibility index (Phi) is 14.1. The van der Waals surface area contributed by atoms with Crippen LogP contribution in [0.15, 0.2) is 66.6 Å². The molecule has 0 atom stereocenters. The van der Waals surface area contributed by atoms with E-state index in [9.17, 15) is 9.90 Å². The molecular formula is C46H62IrNO2SSi-. The summed E-state index contributed by atoms with van der Waals surface area (Å²) in [7, 11) is -1.52. The van der Waals surface area contributed by atoms with Gasteiger partial charge in [0.05, 0.1) is 8.07 Å². The number of hydrogen-bond donors (Lipinski definition) is 1. The van der Waals surface area contributed by atoms with Gasteiger partial charge >= 0.3 is 0 Å². The number of hydrogen-bond acceptors (Lipinski definition) is 4. The Morgan fingerprint density at radius 3 is 1.98 bits per heavy atom. The summed E-state index contributed by atoms with van der Waals surface area (Å²) in [5.74, 6) is 0.799. The molecule has 0 amide bonds. The molecule has 1 N–H and O–H groups in total. The minimum atomic E-state index is -1.52. The fraction of sp³-hybridized carbons (Fsp3) is 0.478. The minimum Gasteiger partial charge on any atom is -0.512 e. The van der Waals surface area contributed by atoms with Crippen LogP contribution in [-0.2, 0) is 30.3 Å². The van der Waals surface area contributed by atoms with E-state index < -0.39 is 8.07 Å². The van der Waals surface area contributed by atoms with Crippen molar-refractivity contribution in [2.45, 2.75) is 133 Å². The van der Waals surface area contributed by atoms with Gasteiger partial charge in [-0.2, -0.15) is 0 Å². The van der Waals surface area contributed by atoms with Crippen LogP contribution in [0.5, 0.6) is 0 Å². The Morgan fingerprint density at radius 2 is 1.44 bits per heavy atom. The van der Waals surface area contributed by atoms with Crippen LogP contribution in [0.3, 0.4) is 0 Å². The van der Waals surface area contributed by atoms with E-state index in [4.69, 9.17) is 4.98 Å². The minimum absolute atomic E-state index is 0. The molecule has 0 aliphatic heterocycles. The van der Waals surface area contributed by atoms with Gasteiger partial charge in [-0.25, -0.2) is 0 Å². The van der Waals surface area contributed by atoms with Crippen molar-refractivity contribution >= 4 is 61.3 Å². The number of allylic oxidation sites excluding steroid dienone is 2. The Bertz CT molecular complexity index is 2050. The van der Waals surface area contributed by atoms with Crippen molar-refractivity contribution in [2.75, 3.05) is 0 Å². The third-order valence-electron chi connectivity index (χ3n) is 11.4. The van der Waals surface area contributed by atoms with Crippen LogP contribution < -0.4 is 5.19 Å². The molecule has 0 spiro atoms. The number of aliphatic hydroxyl groups excluding tert-OH is 1. The van der Waals surface area contributed by atoms with E-state index in [1.165, 1.54) is 42.8 Å². The fourth-order valence-corrected chi connectivity index (χ4v) is 10.3. The number of pyridine rings is 1. The Labute approximate surface area is 333 Å². The molecule has 0 aliphatic carbocycles. The molecule has 0 saturated heterocycles. The summed E-state index contributed by atoms with van der Waals surface area (Å²) in [6.07, 6.45) is 6.74. The number of thiophene rings is 1. The van der Waals surface area contributed by atoms with Gasteiger partial charge in [-0.05, 0) is 70.7 Å². The van der Waals surface area contributed by atoms with Gasteiger partial charge in [-0.1, -0.05) is 131 Å². The van der Waals surface area contributed by atoms with Crippen LogP contribution >= 0.6 is 11.3 Å². The van der Waals surface area contributed by atoms with E-state index in [0.29, 0.717) is 5.92 Å². The Hall–Kier alpha value is -2.63. The molecule has 0 fully saturated rings. The number of aromatic nitrogens is 1. The Balaban J connectivity index is 0.000000347. The maximum Gasteiger partial charge on any atom is 0.164 e. The van der Waals surface area contributed by atoms with Crippen molar-refractivity contribution in [3.8, 4) is 11.3 Å². The fourth-order valence-electron chi connectivity index (χ4n) is 6.57. The summed E-state index contributed by atoms with van der Waals surface area (Å²) in [5, 5.41) is 16.9. The number of nitrogens with zero attached hydrogens (tertiary/aromatic N) is 1.